The molecule has 1 rings (SSSR count). The molecule has 0 atom stereocenters. The van der Waals surface area contributed by atoms with E-state index in [-0.39, 0.29) is 6.42 Å². The summed E-state index contributed by atoms with van der Waals surface area (Å²) < 4.78 is 0. The summed E-state index contributed by atoms with van der Waals surface area (Å²) in [6, 6.07) is 7.66. The van der Waals surface area contributed by atoms with Gasteiger partial charge in [-0.3, -0.25) is 4.79 Å². The van der Waals surface area contributed by atoms with Gasteiger partial charge in [-0.1, -0.05) is 6.42 Å². The Kier molecular flexibility index (Phi) is 5.72. The summed E-state index contributed by atoms with van der Waals surface area (Å²) in [6.45, 7) is 2.79. The Balaban J connectivity index is 2.27. The Bertz CT molecular complexity index is 450. The van der Waals surface area contributed by atoms with Crippen LogP contribution in [-0.2, 0) is 4.79 Å². The van der Waals surface area contributed by atoms with Crippen LogP contribution in [0.1, 0.15) is 36.8 Å². The molecule has 0 saturated heterocycles. The molecular weight excluding hydrogens is 228 g/mol. The minimum Gasteiger partial charge on any atom is -0.481 e. The highest BCUT2D eigenvalue weighted by molar-refractivity contribution is 5.66. The number of nitriles is 1. The largest absolute Gasteiger partial charge is 0.481 e. The van der Waals surface area contributed by atoms with E-state index >= 15 is 0 Å². The van der Waals surface area contributed by atoms with Crippen molar-refractivity contribution in [2.75, 3.05) is 11.9 Å². The molecule has 0 aliphatic carbocycles. The van der Waals surface area contributed by atoms with Crippen molar-refractivity contribution < 1.29 is 9.90 Å². The van der Waals surface area contributed by atoms with Gasteiger partial charge in [0.05, 0.1) is 11.6 Å². The van der Waals surface area contributed by atoms with Crippen LogP contribution < -0.4 is 5.32 Å². The van der Waals surface area contributed by atoms with Gasteiger partial charge < -0.3 is 10.4 Å². The SMILES string of the molecule is Cc1cc(C#N)ccc1NCCCCCC(=O)O. The van der Waals surface area contributed by atoms with Gasteiger partial charge >= 0.3 is 5.97 Å². The maximum Gasteiger partial charge on any atom is 0.303 e. The van der Waals surface area contributed by atoms with Crippen LogP contribution in [0.2, 0.25) is 0 Å². The molecule has 0 radical (unpaired) electrons. The molecule has 0 heterocycles. The number of anilines is 1. The fourth-order valence-corrected chi connectivity index (χ4v) is 1.73. The van der Waals surface area contributed by atoms with Crippen molar-refractivity contribution in [3.63, 3.8) is 0 Å². The summed E-state index contributed by atoms with van der Waals surface area (Å²) in [5, 5.41) is 20.5. The summed E-state index contributed by atoms with van der Waals surface area (Å²) in [5.41, 5.74) is 2.76. The molecule has 1 aromatic rings. The van der Waals surface area contributed by atoms with E-state index in [0.29, 0.717) is 5.56 Å². The van der Waals surface area contributed by atoms with Gasteiger partial charge in [-0.15, -0.1) is 0 Å². The van der Waals surface area contributed by atoms with Crippen molar-refractivity contribution >= 4 is 11.7 Å². The third kappa shape index (κ3) is 4.88. The van der Waals surface area contributed by atoms with E-state index in [2.05, 4.69) is 11.4 Å². The number of unbranched alkanes of at least 4 members (excludes halogenated alkanes) is 2. The third-order valence-electron chi connectivity index (χ3n) is 2.74. The normalized spacial score (nSPS) is 9.78. The molecule has 0 aliphatic rings. The van der Waals surface area contributed by atoms with E-state index in [1.54, 1.807) is 6.07 Å². The van der Waals surface area contributed by atoms with Crippen molar-refractivity contribution in [1.82, 2.24) is 0 Å². The van der Waals surface area contributed by atoms with Crippen LogP contribution in [0.3, 0.4) is 0 Å². The first-order valence-corrected chi connectivity index (χ1v) is 6.10. The Morgan fingerprint density at radius 3 is 2.78 bits per heavy atom. The van der Waals surface area contributed by atoms with Crippen LogP contribution in [0.4, 0.5) is 5.69 Å². The monoisotopic (exact) mass is 246 g/mol. The average Bonchev–Trinajstić information content (AvgIpc) is 2.34. The predicted octanol–water partition coefficient (Wildman–Crippen LogP) is 2.92. The van der Waals surface area contributed by atoms with E-state index in [9.17, 15) is 4.79 Å². The summed E-state index contributed by atoms with van der Waals surface area (Å²) in [4.78, 5) is 10.3. The molecule has 4 nitrogen and oxygen atoms in total. The summed E-state index contributed by atoms with van der Waals surface area (Å²) in [5.74, 6) is -0.731. The molecule has 0 saturated carbocycles. The number of aryl methyl sites for hydroxylation is 1. The highest BCUT2D eigenvalue weighted by Gasteiger charge is 2.00. The lowest BCUT2D eigenvalue weighted by Crippen LogP contribution is -2.03. The predicted molar refractivity (Wildman–Crippen MR) is 70.5 cm³/mol. The first-order chi connectivity index (χ1) is 8.63. The van der Waals surface area contributed by atoms with Crippen LogP contribution in [0, 0.1) is 18.3 Å². The van der Waals surface area contributed by atoms with E-state index in [1.807, 2.05) is 19.1 Å². The molecule has 2 N–H and O–H groups in total. The second kappa shape index (κ2) is 7.33. The van der Waals surface area contributed by atoms with Crippen LogP contribution in [-0.4, -0.2) is 17.6 Å². The summed E-state index contributed by atoms with van der Waals surface area (Å²) in [7, 11) is 0. The number of aliphatic carboxylic acids is 1. The molecule has 0 aromatic heterocycles. The number of hydrogen-bond acceptors (Lipinski definition) is 3. The zero-order valence-corrected chi connectivity index (χ0v) is 10.6. The Hall–Kier alpha value is -2.02. The first-order valence-electron chi connectivity index (χ1n) is 6.10. The van der Waals surface area contributed by atoms with Crippen LogP contribution in [0.25, 0.3) is 0 Å². The summed E-state index contributed by atoms with van der Waals surface area (Å²) in [6.07, 6.45) is 2.83. The standard InChI is InChI=1S/C14H18N2O2/c1-11-9-12(10-15)6-7-13(11)16-8-4-2-3-5-14(17)18/h6-7,9,16H,2-5,8H2,1H3,(H,17,18). The number of carbonyl (C=O) groups is 1. The zero-order chi connectivity index (χ0) is 13.4. The van der Waals surface area contributed by atoms with E-state index in [4.69, 9.17) is 10.4 Å². The van der Waals surface area contributed by atoms with Crippen LogP contribution in [0.5, 0.6) is 0 Å². The molecule has 0 aliphatic heterocycles. The van der Waals surface area contributed by atoms with E-state index < -0.39 is 5.97 Å². The van der Waals surface area contributed by atoms with E-state index in [0.717, 1.165) is 37.1 Å². The van der Waals surface area contributed by atoms with Crippen molar-refractivity contribution in [2.45, 2.75) is 32.6 Å². The lowest BCUT2D eigenvalue weighted by molar-refractivity contribution is -0.137. The lowest BCUT2D eigenvalue weighted by atomic mass is 10.1. The maximum atomic E-state index is 10.3. The molecule has 0 amide bonds. The fourth-order valence-electron chi connectivity index (χ4n) is 1.73. The number of carboxylic acid groups (broad SMARTS) is 1. The van der Waals surface area contributed by atoms with Gasteiger partial charge in [0.15, 0.2) is 0 Å². The van der Waals surface area contributed by atoms with Gasteiger partial charge in [-0.2, -0.15) is 5.26 Å². The molecule has 0 bridgehead atoms. The van der Waals surface area contributed by atoms with Crippen molar-refractivity contribution in [1.29, 1.82) is 5.26 Å². The third-order valence-corrected chi connectivity index (χ3v) is 2.74. The van der Waals surface area contributed by atoms with Gasteiger partial charge in [0.1, 0.15) is 0 Å². The number of benzene rings is 1. The minimum absolute atomic E-state index is 0.246. The first kappa shape index (κ1) is 14.0. The quantitative estimate of drug-likeness (QED) is 0.725. The second-order valence-electron chi connectivity index (χ2n) is 4.27. The van der Waals surface area contributed by atoms with Crippen molar-refractivity contribution in [3.05, 3.63) is 29.3 Å². The van der Waals surface area contributed by atoms with Gasteiger partial charge in [0.25, 0.3) is 0 Å². The van der Waals surface area contributed by atoms with Crippen LogP contribution in [0.15, 0.2) is 18.2 Å². The summed E-state index contributed by atoms with van der Waals surface area (Å²) >= 11 is 0. The molecule has 0 spiro atoms. The number of rotatable bonds is 7. The van der Waals surface area contributed by atoms with Gasteiger partial charge in [0, 0.05) is 18.7 Å². The smallest absolute Gasteiger partial charge is 0.303 e. The van der Waals surface area contributed by atoms with Gasteiger partial charge in [0.2, 0.25) is 0 Å². The van der Waals surface area contributed by atoms with Gasteiger partial charge in [-0.05, 0) is 43.5 Å². The Morgan fingerprint density at radius 2 is 2.17 bits per heavy atom. The lowest BCUT2D eigenvalue weighted by Gasteiger charge is -2.09. The molecule has 1 aromatic carbocycles. The molecule has 96 valence electrons. The van der Waals surface area contributed by atoms with Crippen molar-refractivity contribution in [3.8, 4) is 6.07 Å². The maximum absolute atomic E-state index is 10.3. The molecule has 4 heteroatoms. The molecule has 0 fully saturated rings. The second-order valence-corrected chi connectivity index (χ2v) is 4.27. The number of nitrogens with one attached hydrogen (secondary N) is 1. The Morgan fingerprint density at radius 1 is 1.39 bits per heavy atom. The number of carboxylic acids is 1. The molecule has 0 unspecified atom stereocenters. The highest BCUT2D eigenvalue weighted by Crippen LogP contribution is 2.16. The Labute approximate surface area is 107 Å². The number of hydrogen-bond donors (Lipinski definition) is 2. The van der Waals surface area contributed by atoms with Crippen LogP contribution >= 0.6 is 0 Å². The fraction of sp³-hybridized carbons (Fsp3) is 0.429. The minimum atomic E-state index is -0.731. The van der Waals surface area contributed by atoms with Gasteiger partial charge in [-0.25, -0.2) is 0 Å². The number of nitrogens with zero attached hydrogens (tertiary/aromatic N) is 1. The van der Waals surface area contributed by atoms with Crippen molar-refractivity contribution in [2.24, 2.45) is 0 Å². The zero-order valence-electron chi connectivity index (χ0n) is 10.6. The molecular formula is C14H18N2O2. The van der Waals surface area contributed by atoms with E-state index in [1.165, 1.54) is 0 Å². The topological polar surface area (TPSA) is 73.1 Å². The average molecular weight is 246 g/mol. The molecule has 18 heavy (non-hydrogen) atoms. The highest BCUT2D eigenvalue weighted by atomic mass is 16.4.